The molecular weight excluding hydrogens is 480 g/mol. The monoisotopic (exact) mass is 510 g/mol. The van der Waals surface area contributed by atoms with Gasteiger partial charge in [0.2, 0.25) is 0 Å². The van der Waals surface area contributed by atoms with E-state index in [-0.39, 0.29) is 35.6 Å². The summed E-state index contributed by atoms with van der Waals surface area (Å²) in [6, 6.07) is 16.2. The van der Waals surface area contributed by atoms with Crippen molar-refractivity contribution in [3.05, 3.63) is 98.4 Å². The Kier molecular flexibility index (Phi) is 9.69. The molecule has 1 aliphatic heterocycles. The largest absolute Gasteiger partial charge is 0.463 e. The lowest BCUT2D eigenvalue weighted by molar-refractivity contribution is -0.385. The first-order valence-corrected chi connectivity index (χ1v) is 12.9. The van der Waals surface area contributed by atoms with E-state index >= 15 is 0 Å². The summed E-state index contributed by atoms with van der Waals surface area (Å²) < 4.78 is 10.7. The number of thioether (sulfide) groups is 1. The molecule has 1 N–H and O–H groups in total. The van der Waals surface area contributed by atoms with Gasteiger partial charge in [-0.3, -0.25) is 10.1 Å². The number of nitrogens with one attached hydrogen (secondary N) is 1. The predicted molar refractivity (Wildman–Crippen MR) is 139 cm³/mol. The number of hydrogen-bond acceptors (Lipinski definition) is 8. The van der Waals surface area contributed by atoms with Gasteiger partial charge in [0, 0.05) is 28.8 Å². The fourth-order valence-electron chi connectivity index (χ4n) is 4.16. The molecule has 36 heavy (non-hydrogen) atoms. The van der Waals surface area contributed by atoms with Gasteiger partial charge in [-0.1, -0.05) is 48.5 Å². The van der Waals surface area contributed by atoms with Crippen molar-refractivity contribution in [1.29, 1.82) is 0 Å². The molecule has 1 aliphatic rings. The molecule has 190 valence electrons. The van der Waals surface area contributed by atoms with Crippen LogP contribution in [0.4, 0.5) is 5.69 Å². The zero-order valence-electron chi connectivity index (χ0n) is 20.6. The van der Waals surface area contributed by atoms with Gasteiger partial charge in [-0.25, -0.2) is 9.59 Å². The van der Waals surface area contributed by atoms with E-state index in [1.165, 1.54) is 11.6 Å². The molecule has 0 radical (unpaired) electrons. The first-order valence-electron chi connectivity index (χ1n) is 11.8. The van der Waals surface area contributed by atoms with E-state index in [1.54, 1.807) is 50.7 Å². The Labute approximate surface area is 214 Å². The first-order chi connectivity index (χ1) is 17.4. The lowest BCUT2D eigenvalue weighted by Gasteiger charge is -2.31. The Morgan fingerprint density at radius 2 is 1.58 bits per heavy atom. The van der Waals surface area contributed by atoms with Crippen molar-refractivity contribution in [1.82, 2.24) is 5.32 Å². The molecule has 1 heterocycles. The van der Waals surface area contributed by atoms with E-state index in [9.17, 15) is 19.7 Å². The van der Waals surface area contributed by atoms with E-state index in [0.717, 1.165) is 12.2 Å². The molecule has 0 aliphatic carbocycles. The van der Waals surface area contributed by atoms with Crippen LogP contribution in [0, 0.1) is 10.1 Å². The zero-order chi connectivity index (χ0) is 26.1. The SMILES string of the molecule is CCOC(=O)C1=C(C)NC(CSCCc2ccccc2)=C(C(=O)OCC)C1c1ccccc1[N+](=O)[O-]. The smallest absolute Gasteiger partial charge is 0.336 e. The minimum Gasteiger partial charge on any atom is -0.463 e. The summed E-state index contributed by atoms with van der Waals surface area (Å²) in [5, 5.41) is 15.1. The highest BCUT2D eigenvalue weighted by molar-refractivity contribution is 7.99. The number of allylic oxidation sites excluding steroid dienone is 1. The number of hydrogen-bond donors (Lipinski definition) is 1. The van der Waals surface area contributed by atoms with Gasteiger partial charge in [-0.2, -0.15) is 11.8 Å². The van der Waals surface area contributed by atoms with E-state index in [0.29, 0.717) is 17.1 Å². The molecule has 2 aromatic carbocycles. The molecule has 8 nitrogen and oxygen atoms in total. The lowest BCUT2D eigenvalue weighted by atomic mass is 9.79. The van der Waals surface area contributed by atoms with Gasteiger partial charge in [0.05, 0.1) is 35.2 Å². The summed E-state index contributed by atoms with van der Waals surface area (Å²) in [5.74, 6) is -1.03. The highest BCUT2D eigenvalue weighted by Gasteiger charge is 2.41. The normalized spacial score (nSPS) is 15.4. The summed E-state index contributed by atoms with van der Waals surface area (Å²) in [7, 11) is 0. The number of carbonyl (C=O) groups is 2. The van der Waals surface area contributed by atoms with Crippen LogP contribution in [0.5, 0.6) is 0 Å². The van der Waals surface area contributed by atoms with E-state index in [4.69, 9.17) is 9.47 Å². The maximum Gasteiger partial charge on any atom is 0.336 e. The summed E-state index contributed by atoms with van der Waals surface area (Å²) in [5.41, 5.74) is 2.67. The predicted octanol–water partition coefficient (Wildman–Crippen LogP) is 4.91. The van der Waals surface area contributed by atoms with Crippen LogP contribution >= 0.6 is 11.8 Å². The van der Waals surface area contributed by atoms with Gasteiger partial charge in [0.25, 0.3) is 5.69 Å². The summed E-state index contributed by atoms with van der Waals surface area (Å²) in [6.07, 6.45) is 0.851. The van der Waals surface area contributed by atoms with Crippen molar-refractivity contribution in [2.45, 2.75) is 33.1 Å². The molecule has 0 saturated carbocycles. The number of para-hydroxylation sites is 1. The topological polar surface area (TPSA) is 108 Å². The summed E-state index contributed by atoms with van der Waals surface area (Å²) in [4.78, 5) is 37.7. The van der Waals surface area contributed by atoms with Crippen LogP contribution in [0.3, 0.4) is 0 Å². The lowest BCUT2D eigenvalue weighted by Crippen LogP contribution is -2.34. The first kappa shape index (κ1) is 27.0. The maximum atomic E-state index is 13.3. The van der Waals surface area contributed by atoms with Gasteiger partial charge in [0.1, 0.15) is 0 Å². The van der Waals surface area contributed by atoms with Crippen LogP contribution in [-0.2, 0) is 25.5 Å². The van der Waals surface area contributed by atoms with E-state index in [1.807, 2.05) is 18.2 Å². The number of rotatable bonds is 11. The van der Waals surface area contributed by atoms with E-state index < -0.39 is 22.8 Å². The average Bonchev–Trinajstić information content (AvgIpc) is 2.87. The van der Waals surface area contributed by atoms with Gasteiger partial charge in [-0.15, -0.1) is 0 Å². The van der Waals surface area contributed by atoms with Crippen molar-refractivity contribution in [3.63, 3.8) is 0 Å². The second-order valence-electron chi connectivity index (χ2n) is 8.03. The van der Waals surface area contributed by atoms with Gasteiger partial charge >= 0.3 is 11.9 Å². The molecule has 0 fully saturated rings. The number of carbonyl (C=O) groups excluding carboxylic acids is 2. The minimum atomic E-state index is -1.00. The number of esters is 2. The molecule has 0 spiro atoms. The number of nitro groups is 1. The molecule has 1 atom stereocenters. The second-order valence-corrected chi connectivity index (χ2v) is 9.14. The quantitative estimate of drug-likeness (QED) is 0.197. The molecule has 9 heteroatoms. The maximum absolute atomic E-state index is 13.3. The van der Waals surface area contributed by atoms with E-state index in [2.05, 4.69) is 17.4 Å². The molecule has 2 aromatic rings. The third kappa shape index (κ3) is 6.34. The van der Waals surface area contributed by atoms with Gasteiger partial charge in [-0.05, 0) is 38.5 Å². The number of ether oxygens (including phenoxy) is 2. The van der Waals surface area contributed by atoms with Crippen molar-refractivity contribution < 1.29 is 24.0 Å². The van der Waals surface area contributed by atoms with Crippen LogP contribution in [0.15, 0.2) is 77.1 Å². The Balaban J connectivity index is 2.06. The van der Waals surface area contributed by atoms with Crippen molar-refractivity contribution in [3.8, 4) is 0 Å². The highest BCUT2D eigenvalue weighted by Crippen LogP contribution is 2.43. The third-order valence-corrected chi connectivity index (χ3v) is 6.69. The zero-order valence-corrected chi connectivity index (χ0v) is 21.4. The Morgan fingerprint density at radius 3 is 2.22 bits per heavy atom. The Hall–Kier alpha value is -3.59. The standard InChI is InChI=1S/C27H30N2O6S/c1-4-34-26(30)23-18(3)28-21(17-36-16-15-19-11-7-6-8-12-19)25(27(31)35-5-2)24(23)20-13-9-10-14-22(20)29(32)33/h6-14,24,28H,4-5,15-17H2,1-3H3. The molecule has 3 rings (SSSR count). The van der Waals surface area contributed by atoms with Crippen LogP contribution in [-0.4, -0.2) is 41.6 Å². The van der Waals surface area contributed by atoms with Gasteiger partial charge < -0.3 is 14.8 Å². The fraction of sp³-hybridized carbons (Fsp3) is 0.333. The summed E-state index contributed by atoms with van der Waals surface area (Å²) >= 11 is 1.62. The van der Waals surface area contributed by atoms with Gasteiger partial charge in [0.15, 0.2) is 0 Å². The van der Waals surface area contributed by atoms with Crippen LogP contribution < -0.4 is 5.32 Å². The minimum absolute atomic E-state index is 0.123. The van der Waals surface area contributed by atoms with Crippen molar-refractivity contribution >= 4 is 29.4 Å². The fourth-order valence-corrected chi connectivity index (χ4v) is 5.11. The molecule has 0 aromatic heterocycles. The molecular formula is C27H30N2O6S. The van der Waals surface area contributed by atoms with Crippen molar-refractivity contribution in [2.75, 3.05) is 24.7 Å². The highest BCUT2D eigenvalue weighted by atomic mass is 32.2. The average molecular weight is 511 g/mol. The third-order valence-electron chi connectivity index (χ3n) is 5.70. The number of aryl methyl sites for hydroxylation is 1. The molecule has 1 unspecified atom stereocenters. The summed E-state index contributed by atoms with van der Waals surface area (Å²) in [6.45, 7) is 5.33. The number of nitrogens with zero attached hydrogens (tertiary/aromatic N) is 1. The number of dihydropyridines is 1. The number of nitro benzene ring substituents is 1. The molecule has 0 bridgehead atoms. The number of benzene rings is 2. The van der Waals surface area contributed by atoms with Crippen LogP contribution in [0.2, 0.25) is 0 Å². The molecule has 0 saturated heterocycles. The Bertz CT molecular complexity index is 1180. The van der Waals surface area contributed by atoms with Crippen LogP contribution in [0.25, 0.3) is 0 Å². The second kappa shape index (κ2) is 12.9. The molecule has 0 amide bonds. The van der Waals surface area contributed by atoms with Crippen LogP contribution in [0.1, 0.15) is 37.8 Å². The Morgan fingerprint density at radius 1 is 0.972 bits per heavy atom. The van der Waals surface area contributed by atoms with Crippen molar-refractivity contribution in [2.24, 2.45) is 0 Å².